The van der Waals surface area contributed by atoms with Crippen molar-refractivity contribution in [3.8, 4) is 0 Å². The van der Waals surface area contributed by atoms with E-state index in [-0.39, 0.29) is 17.6 Å². The molecule has 0 aromatic heterocycles. The fourth-order valence-electron chi connectivity index (χ4n) is 1.73. The van der Waals surface area contributed by atoms with E-state index >= 15 is 0 Å². The predicted molar refractivity (Wildman–Crippen MR) is 68.7 cm³/mol. The molecule has 0 amide bonds. The summed E-state index contributed by atoms with van der Waals surface area (Å²) < 4.78 is 38.6. The van der Waals surface area contributed by atoms with Crippen molar-refractivity contribution in [3.05, 3.63) is 35.4 Å². The topological polar surface area (TPSA) is 32.3 Å². The quantitative estimate of drug-likeness (QED) is 0.863. The molecule has 1 atom stereocenters. The number of aliphatic hydroxyl groups excluding tert-OH is 1. The molecule has 0 aliphatic rings. The van der Waals surface area contributed by atoms with Crippen molar-refractivity contribution >= 4 is 0 Å². The van der Waals surface area contributed by atoms with E-state index in [9.17, 15) is 13.2 Å². The Kier molecular flexibility index (Phi) is 4.98. The van der Waals surface area contributed by atoms with Crippen LogP contribution in [0.5, 0.6) is 0 Å². The zero-order valence-electron chi connectivity index (χ0n) is 11.4. The molecule has 5 heteroatoms. The number of aliphatic hydroxyl groups is 1. The minimum absolute atomic E-state index is 0.0202. The van der Waals surface area contributed by atoms with Crippen LogP contribution in [0.3, 0.4) is 0 Å². The average Bonchev–Trinajstić information content (AvgIpc) is 2.35. The van der Waals surface area contributed by atoms with Gasteiger partial charge in [0.1, 0.15) is 0 Å². The standard InChI is InChI=1S/C14H20F3NO/c1-10(18-8-13(2,3)9-19)11-6-4-5-7-12(11)14(15,16)17/h4-7,10,18-19H,8-9H2,1-3H3. The van der Waals surface area contributed by atoms with Gasteiger partial charge in [0.15, 0.2) is 0 Å². The van der Waals surface area contributed by atoms with E-state index in [2.05, 4.69) is 5.32 Å². The number of rotatable bonds is 5. The summed E-state index contributed by atoms with van der Waals surface area (Å²) in [6, 6.07) is 5.12. The predicted octanol–water partition coefficient (Wildman–Crippen LogP) is 3.37. The summed E-state index contributed by atoms with van der Waals surface area (Å²) in [4.78, 5) is 0. The Balaban J connectivity index is 2.86. The molecule has 0 aliphatic heterocycles. The van der Waals surface area contributed by atoms with Gasteiger partial charge in [-0.25, -0.2) is 0 Å². The van der Waals surface area contributed by atoms with Crippen LogP contribution < -0.4 is 5.32 Å². The number of nitrogens with one attached hydrogen (secondary N) is 1. The van der Waals surface area contributed by atoms with E-state index in [0.29, 0.717) is 6.54 Å². The van der Waals surface area contributed by atoms with Crippen molar-refractivity contribution in [1.29, 1.82) is 0 Å². The summed E-state index contributed by atoms with van der Waals surface area (Å²) in [6.45, 7) is 5.81. The molecule has 1 aromatic rings. The Morgan fingerprint density at radius 2 is 1.79 bits per heavy atom. The van der Waals surface area contributed by atoms with Crippen LogP contribution in [0.15, 0.2) is 24.3 Å². The van der Waals surface area contributed by atoms with Crippen LogP contribution in [0, 0.1) is 5.41 Å². The van der Waals surface area contributed by atoms with Gasteiger partial charge in [0.25, 0.3) is 0 Å². The van der Waals surface area contributed by atoms with Crippen LogP contribution in [-0.4, -0.2) is 18.3 Å². The van der Waals surface area contributed by atoms with Gasteiger partial charge < -0.3 is 10.4 Å². The molecule has 2 N–H and O–H groups in total. The van der Waals surface area contributed by atoms with E-state index in [1.54, 1.807) is 13.0 Å². The second-order valence-corrected chi connectivity index (χ2v) is 5.51. The lowest BCUT2D eigenvalue weighted by Gasteiger charge is -2.26. The third-order valence-electron chi connectivity index (χ3n) is 3.05. The molecule has 0 aliphatic carbocycles. The lowest BCUT2D eigenvalue weighted by molar-refractivity contribution is -0.138. The Hall–Kier alpha value is -1.07. The average molecular weight is 275 g/mol. The van der Waals surface area contributed by atoms with Crippen LogP contribution in [0.2, 0.25) is 0 Å². The van der Waals surface area contributed by atoms with Gasteiger partial charge in [-0.3, -0.25) is 0 Å². The molecule has 0 saturated heterocycles. The number of benzene rings is 1. The van der Waals surface area contributed by atoms with E-state index in [1.165, 1.54) is 12.1 Å². The summed E-state index contributed by atoms with van der Waals surface area (Å²) in [5, 5.41) is 12.2. The monoisotopic (exact) mass is 275 g/mol. The van der Waals surface area contributed by atoms with Crippen molar-refractivity contribution in [1.82, 2.24) is 5.32 Å². The van der Waals surface area contributed by atoms with Crippen LogP contribution >= 0.6 is 0 Å². The fraction of sp³-hybridized carbons (Fsp3) is 0.571. The molecule has 19 heavy (non-hydrogen) atoms. The third-order valence-corrected chi connectivity index (χ3v) is 3.05. The van der Waals surface area contributed by atoms with Crippen molar-refractivity contribution in [2.75, 3.05) is 13.2 Å². The molecule has 1 aromatic carbocycles. The molecule has 0 bridgehead atoms. The highest BCUT2D eigenvalue weighted by Gasteiger charge is 2.34. The van der Waals surface area contributed by atoms with E-state index < -0.39 is 17.8 Å². The van der Waals surface area contributed by atoms with Crippen molar-refractivity contribution < 1.29 is 18.3 Å². The van der Waals surface area contributed by atoms with Gasteiger partial charge in [0.2, 0.25) is 0 Å². The van der Waals surface area contributed by atoms with Crippen LogP contribution in [-0.2, 0) is 6.18 Å². The van der Waals surface area contributed by atoms with E-state index in [4.69, 9.17) is 5.11 Å². The minimum Gasteiger partial charge on any atom is -0.396 e. The normalized spacial score (nSPS) is 14.5. The maximum absolute atomic E-state index is 12.9. The van der Waals surface area contributed by atoms with Crippen LogP contribution in [0.4, 0.5) is 13.2 Å². The highest BCUT2D eigenvalue weighted by molar-refractivity contribution is 5.32. The summed E-state index contributed by atoms with van der Waals surface area (Å²) in [6.07, 6.45) is -4.35. The second kappa shape index (κ2) is 5.92. The van der Waals surface area contributed by atoms with Gasteiger partial charge in [-0.2, -0.15) is 13.2 Å². The Morgan fingerprint density at radius 1 is 1.21 bits per heavy atom. The van der Waals surface area contributed by atoms with Crippen molar-refractivity contribution in [2.45, 2.75) is 33.0 Å². The van der Waals surface area contributed by atoms with Gasteiger partial charge in [0, 0.05) is 24.6 Å². The summed E-state index contributed by atoms with van der Waals surface area (Å²) in [5.41, 5.74) is -0.748. The van der Waals surface area contributed by atoms with Crippen LogP contribution in [0.25, 0.3) is 0 Å². The molecule has 0 heterocycles. The second-order valence-electron chi connectivity index (χ2n) is 5.51. The maximum Gasteiger partial charge on any atom is 0.416 e. The molecule has 2 nitrogen and oxygen atoms in total. The molecule has 0 fully saturated rings. The molecular formula is C14H20F3NO. The summed E-state index contributed by atoms with van der Waals surface area (Å²) >= 11 is 0. The van der Waals surface area contributed by atoms with Gasteiger partial charge in [-0.05, 0) is 18.6 Å². The van der Waals surface area contributed by atoms with Gasteiger partial charge in [0.05, 0.1) is 5.56 Å². The molecule has 1 rings (SSSR count). The zero-order chi connectivity index (χ0) is 14.7. The lowest BCUT2D eigenvalue weighted by atomic mass is 9.93. The first-order valence-corrected chi connectivity index (χ1v) is 6.18. The number of hydrogen-bond donors (Lipinski definition) is 2. The molecule has 1 unspecified atom stereocenters. The SMILES string of the molecule is CC(NCC(C)(C)CO)c1ccccc1C(F)(F)F. The highest BCUT2D eigenvalue weighted by Crippen LogP contribution is 2.34. The number of alkyl halides is 3. The zero-order valence-corrected chi connectivity index (χ0v) is 11.4. The highest BCUT2D eigenvalue weighted by atomic mass is 19.4. The molecular weight excluding hydrogens is 255 g/mol. The first-order chi connectivity index (χ1) is 8.67. The molecule has 0 saturated carbocycles. The lowest BCUT2D eigenvalue weighted by Crippen LogP contribution is -2.34. The minimum atomic E-state index is -4.35. The van der Waals surface area contributed by atoms with Gasteiger partial charge in [-0.15, -0.1) is 0 Å². The number of halogens is 3. The Morgan fingerprint density at radius 3 is 2.32 bits per heavy atom. The molecule has 0 spiro atoms. The summed E-state index contributed by atoms with van der Waals surface area (Å²) in [5.74, 6) is 0. The van der Waals surface area contributed by atoms with Crippen LogP contribution in [0.1, 0.15) is 37.9 Å². The first-order valence-electron chi connectivity index (χ1n) is 6.18. The largest absolute Gasteiger partial charge is 0.416 e. The van der Waals surface area contributed by atoms with Gasteiger partial charge in [-0.1, -0.05) is 32.0 Å². The molecule has 0 radical (unpaired) electrons. The number of hydrogen-bond acceptors (Lipinski definition) is 2. The Bertz CT molecular complexity index is 415. The maximum atomic E-state index is 12.9. The Labute approximate surface area is 111 Å². The van der Waals surface area contributed by atoms with Gasteiger partial charge >= 0.3 is 6.18 Å². The smallest absolute Gasteiger partial charge is 0.396 e. The van der Waals surface area contributed by atoms with Crippen molar-refractivity contribution in [2.24, 2.45) is 5.41 Å². The van der Waals surface area contributed by atoms with E-state index in [1.807, 2.05) is 13.8 Å². The molecule has 108 valence electrons. The summed E-state index contributed by atoms with van der Waals surface area (Å²) in [7, 11) is 0. The third kappa shape index (κ3) is 4.51. The van der Waals surface area contributed by atoms with E-state index in [0.717, 1.165) is 6.07 Å². The fourth-order valence-corrected chi connectivity index (χ4v) is 1.73. The van der Waals surface area contributed by atoms with Crippen molar-refractivity contribution in [3.63, 3.8) is 0 Å². The first kappa shape index (κ1) is 16.0.